The van der Waals surface area contributed by atoms with E-state index in [0.717, 1.165) is 16.6 Å². The number of benzene rings is 1. The maximum Gasteiger partial charge on any atom is 0.0640 e. The molecular formula is C14H18BrN3O. The molecule has 102 valence electrons. The van der Waals surface area contributed by atoms with Gasteiger partial charge in [0, 0.05) is 28.8 Å². The minimum absolute atomic E-state index is 0.114. The van der Waals surface area contributed by atoms with E-state index in [1.165, 1.54) is 5.56 Å². The largest absolute Gasteiger partial charge is 0.394 e. The lowest BCUT2D eigenvalue weighted by Gasteiger charge is -2.13. The molecule has 0 spiro atoms. The van der Waals surface area contributed by atoms with Gasteiger partial charge in [-0.1, -0.05) is 28.1 Å². The number of hydrogen-bond acceptors (Lipinski definition) is 3. The molecule has 0 fully saturated rings. The molecule has 0 aliphatic rings. The minimum atomic E-state index is 0.114. The maximum absolute atomic E-state index is 8.84. The molecule has 2 rings (SSSR count). The molecule has 1 heterocycles. The molecule has 2 N–H and O–H groups in total. The van der Waals surface area contributed by atoms with Gasteiger partial charge < -0.3 is 10.4 Å². The second-order valence-electron chi connectivity index (χ2n) is 4.49. The lowest BCUT2D eigenvalue weighted by atomic mass is 10.1. The summed E-state index contributed by atoms with van der Waals surface area (Å²) in [5.41, 5.74) is 2.37. The van der Waals surface area contributed by atoms with E-state index < -0.39 is 0 Å². The van der Waals surface area contributed by atoms with Crippen molar-refractivity contribution in [1.82, 2.24) is 15.1 Å². The molecule has 0 aliphatic carbocycles. The van der Waals surface area contributed by atoms with E-state index in [4.69, 9.17) is 5.11 Å². The van der Waals surface area contributed by atoms with Crippen molar-refractivity contribution in [1.29, 1.82) is 0 Å². The second kappa shape index (κ2) is 6.84. The number of aliphatic hydroxyl groups excluding tert-OH is 1. The van der Waals surface area contributed by atoms with E-state index in [9.17, 15) is 0 Å². The summed E-state index contributed by atoms with van der Waals surface area (Å²) >= 11 is 3.48. The summed E-state index contributed by atoms with van der Waals surface area (Å²) in [6.45, 7) is 3.56. The molecule has 1 aromatic carbocycles. The number of nitrogens with zero attached hydrogens (tertiary/aromatic N) is 2. The van der Waals surface area contributed by atoms with Crippen LogP contribution in [0.15, 0.2) is 41.1 Å². The van der Waals surface area contributed by atoms with Crippen molar-refractivity contribution >= 4 is 15.9 Å². The Kier molecular flexibility index (Phi) is 5.13. The number of halogens is 1. The van der Waals surface area contributed by atoms with Crippen molar-refractivity contribution in [3.05, 3.63) is 52.3 Å². The van der Waals surface area contributed by atoms with Crippen LogP contribution in [-0.2, 0) is 13.1 Å². The van der Waals surface area contributed by atoms with Gasteiger partial charge in [-0.2, -0.15) is 5.10 Å². The Labute approximate surface area is 121 Å². The topological polar surface area (TPSA) is 50.1 Å². The van der Waals surface area contributed by atoms with Crippen LogP contribution in [0.4, 0.5) is 0 Å². The number of nitrogens with one attached hydrogen (secondary N) is 1. The van der Waals surface area contributed by atoms with Crippen LogP contribution in [0.2, 0.25) is 0 Å². The summed E-state index contributed by atoms with van der Waals surface area (Å²) in [5.74, 6) is 0. The van der Waals surface area contributed by atoms with Crippen LogP contribution < -0.4 is 5.32 Å². The van der Waals surface area contributed by atoms with Crippen LogP contribution in [0.5, 0.6) is 0 Å². The van der Waals surface area contributed by atoms with Gasteiger partial charge in [-0.05, 0) is 24.6 Å². The van der Waals surface area contributed by atoms with E-state index in [2.05, 4.69) is 45.4 Å². The predicted molar refractivity (Wildman–Crippen MR) is 78.7 cm³/mol. The van der Waals surface area contributed by atoms with Gasteiger partial charge in [0.1, 0.15) is 0 Å². The molecule has 0 unspecified atom stereocenters. The molecule has 0 saturated carbocycles. The molecule has 1 atom stereocenters. The zero-order chi connectivity index (χ0) is 13.7. The molecule has 0 amide bonds. The SMILES string of the molecule is C[C@H](NCc1cnn(CCO)c1)c1cccc(Br)c1. The van der Waals surface area contributed by atoms with Crippen LogP contribution in [0.3, 0.4) is 0 Å². The Balaban J connectivity index is 1.90. The lowest BCUT2D eigenvalue weighted by Crippen LogP contribution is -2.17. The fourth-order valence-corrected chi connectivity index (χ4v) is 2.30. The zero-order valence-corrected chi connectivity index (χ0v) is 12.5. The Morgan fingerprint density at radius 1 is 1.47 bits per heavy atom. The quantitative estimate of drug-likeness (QED) is 0.858. The molecule has 0 aliphatic heterocycles. The van der Waals surface area contributed by atoms with Gasteiger partial charge in [0.15, 0.2) is 0 Å². The summed E-state index contributed by atoms with van der Waals surface area (Å²) in [7, 11) is 0. The van der Waals surface area contributed by atoms with Crippen molar-refractivity contribution in [2.24, 2.45) is 0 Å². The predicted octanol–water partition coefficient (Wildman–Crippen LogP) is 2.49. The first-order valence-electron chi connectivity index (χ1n) is 6.30. The van der Waals surface area contributed by atoms with Crippen molar-refractivity contribution in [3.8, 4) is 0 Å². The first kappa shape index (κ1) is 14.2. The van der Waals surface area contributed by atoms with Crippen molar-refractivity contribution < 1.29 is 5.11 Å². The molecule has 1 aromatic heterocycles. The number of rotatable bonds is 6. The highest BCUT2D eigenvalue weighted by Gasteiger charge is 2.06. The van der Waals surface area contributed by atoms with E-state index in [1.807, 2.05) is 24.5 Å². The molecule has 0 radical (unpaired) electrons. The highest BCUT2D eigenvalue weighted by Crippen LogP contribution is 2.18. The van der Waals surface area contributed by atoms with Gasteiger partial charge in [0.25, 0.3) is 0 Å². The summed E-state index contributed by atoms with van der Waals surface area (Å²) in [5, 5.41) is 16.5. The van der Waals surface area contributed by atoms with Gasteiger partial charge in [-0.3, -0.25) is 4.68 Å². The summed E-state index contributed by atoms with van der Waals surface area (Å²) < 4.78 is 2.84. The fourth-order valence-electron chi connectivity index (χ4n) is 1.89. The van der Waals surface area contributed by atoms with Crippen molar-refractivity contribution in [2.75, 3.05) is 6.61 Å². The second-order valence-corrected chi connectivity index (χ2v) is 5.41. The Bertz CT molecular complexity index is 527. The number of aliphatic hydroxyl groups is 1. The summed E-state index contributed by atoms with van der Waals surface area (Å²) in [4.78, 5) is 0. The van der Waals surface area contributed by atoms with Gasteiger partial charge in [-0.15, -0.1) is 0 Å². The average molecular weight is 324 g/mol. The highest BCUT2D eigenvalue weighted by molar-refractivity contribution is 9.10. The fraction of sp³-hybridized carbons (Fsp3) is 0.357. The molecule has 19 heavy (non-hydrogen) atoms. The third-order valence-corrected chi connectivity index (χ3v) is 3.47. The van der Waals surface area contributed by atoms with Crippen LogP contribution in [0.1, 0.15) is 24.1 Å². The van der Waals surface area contributed by atoms with E-state index in [1.54, 1.807) is 4.68 Å². The third kappa shape index (κ3) is 4.16. The highest BCUT2D eigenvalue weighted by atomic mass is 79.9. The van der Waals surface area contributed by atoms with Gasteiger partial charge in [0.2, 0.25) is 0 Å². The Morgan fingerprint density at radius 2 is 2.32 bits per heavy atom. The molecule has 4 nitrogen and oxygen atoms in total. The third-order valence-electron chi connectivity index (χ3n) is 2.98. The zero-order valence-electron chi connectivity index (χ0n) is 10.9. The van der Waals surface area contributed by atoms with E-state index in [-0.39, 0.29) is 12.6 Å². The van der Waals surface area contributed by atoms with Gasteiger partial charge in [0.05, 0.1) is 19.3 Å². The minimum Gasteiger partial charge on any atom is -0.394 e. The van der Waals surface area contributed by atoms with Crippen molar-refractivity contribution in [3.63, 3.8) is 0 Å². The van der Waals surface area contributed by atoms with Crippen LogP contribution in [-0.4, -0.2) is 21.5 Å². The smallest absolute Gasteiger partial charge is 0.0640 e. The molecule has 2 aromatic rings. The Hall–Kier alpha value is -1.17. The molecule has 0 saturated heterocycles. The normalized spacial score (nSPS) is 12.6. The molecular weight excluding hydrogens is 306 g/mol. The van der Waals surface area contributed by atoms with Gasteiger partial charge >= 0.3 is 0 Å². The van der Waals surface area contributed by atoms with Gasteiger partial charge in [-0.25, -0.2) is 0 Å². The molecule has 0 bridgehead atoms. The van der Waals surface area contributed by atoms with Crippen LogP contribution in [0.25, 0.3) is 0 Å². The summed E-state index contributed by atoms with van der Waals surface area (Å²) in [6.07, 6.45) is 3.78. The average Bonchev–Trinajstić information content (AvgIpc) is 2.84. The van der Waals surface area contributed by atoms with E-state index >= 15 is 0 Å². The van der Waals surface area contributed by atoms with Crippen molar-refractivity contribution in [2.45, 2.75) is 26.1 Å². The van der Waals surface area contributed by atoms with E-state index in [0.29, 0.717) is 6.54 Å². The van der Waals surface area contributed by atoms with Crippen LogP contribution >= 0.6 is 15.9 Å². The number of hydrogen-bond donors (Lipinski definition) is 2. The maximum atomic E-state index is 8.84. The molecule has 5 heteroatoms. The Morgan fingerprint density at radius 3 is 3.05 bits per heavy atom. The monoisotopic (exact) mass is 323 g/mol. The number of aromatic nitrogens is 2. The summed E-state index contributed by atoms with van der Waals surface area (Å²) in [6, 6.07) is 8.56. The standard InChI is InChI=1S/C14H18BrN3O/c1-11(13-3-2-4-14(15)7-13)16-8-12-9-17-18(10-12)5-6-19/h2-4,7,9-11,16,19H,5-6,8H2,1H3/t11-/m0/s1. The lowest BCUT2D eigenvalue weighted by molar-refractivity contribution is 0.269. The van der Waals surface area contributed by atoms with Crippen LogP contribution in [0, 0.1) is 0 Å². The first-order valence-corrected chi connectivity index (χ1v) is 7.09. The first-order chi connectivity index (χ1) is 9.19.